The number of benzene rings is 2. The first-order chi connectivity index (χ1) is 14.4. The number of amides is 1. The van der Waals surface area contributed by atoms with Crippen LogP contribution in [-0.2, 0) is 14.4 Å². The molecule has 1 saturated heterocycles. The number of anilines is 2. The van der Waals surface area contributed by atoms with Crippen LogP contribution >= 0.6 is 0 Å². The van der Waals surface area contributed by atoms with Gasteiger partial charge >= 0.3 is 0 Å². The van der Waals surface area contributed by atoms with Gasteiger partial charge in [0.1, 0.15) is 5.69 Å². The van der Waals surface area contributed by atoms with Gasteiger partial charge < -0.3 is 19.8 Å². The fraction of sp³-hybridized carbons (Fsp3) is 0.333. The Labute approximate surface area is 174 Å². The second-order valence-electron chi connectivity index (χ2n) is 6.98. The molecule has 0 aliphatic carbocycles. The van der Waals surface area contributed by atoms with Crippen molar-refractivity contribution in [3.05, 3.63) is 63.2 Å². The van der Waals surface area contributed by atoms with Crippen molar-refractivity contribution in [2.75, 3.05) is 43.1 Å². The lowest BCUT2D eigenvalue weighted by Gasteiger charge is -2.28. The van der Waals surface area contributed by atoms with Gasteiger partial charge in [-0.1, -0.05) is 23.4 Å². The highest BCUT2D eigenvalue weighted by atomic mass is 16.6. The van der Waals surface area contributed by atoms with Gasteiger partial charge in [0.05, 0.1) is 24.4 Å². The van der Waals surface area contributed by atoms with Crippen LogP contribution < -0.4 is 10.2 Å². The minimum atomic E-state index is -0.416. The van der Waals surface area contributed by atoms with Crippen molar-refractivity contribution in [1.82, 2.24) is 0 Å². The predicted octanol–water partition coefficient (Wildman–Crippen LogP) is 3.04. The first kappa shape index (κ1) is 21.3. The molecule has 1 aliphatic rings. The maximum Gasteiger partial charge on any atom is 0.293 e. The number of ether oxygens (including phenoxy) is 1. The maximum absolute atomic E-state index is 12.0. The van der Waals surface area contributed by atoms with Crippen LogP contribution in [0.25, 0.3) is 0 Å². The van der Waals surface area contributed by atoms with Crippen molar-refractivity contribution in [2.45, 2.75) is 13.8 Å². The van der Waals surface area contributed by atoms with Crippen molar-refractivity contribution >= 4 is 29.2 Å². The molecule has 3 rings (SSSR count). The number of nitrogens with zero attached hydrogens (tertiary/aromatic N) is 3. The molecule has 9 nitrogen and oxygen atoms in total. The summed E-state index contributed by atoms with van der Waals surface area (Å²) < 4.78 is 5.30. The number of morpholine rings is 1. The van der Waals surface area contributed by atoms with Crippen molar-refractivity contribution < 1.29 is 19.3 Å². The summed E-state index contributed by atoms with van der Waals surface area (Å²) in [4.78, 5) is 30.1. The minimum absolute atomic E-state index is 0.00600. The summed E-state index contributed by atoms with van der Waals surface area (Å²) in [6, 6.07) is 10.6. The molecule has 30 heavy (non-hydrogen) atoms. The number of carbonyl (C=O) groups excluding carboxylic acids is 1. The Hall–Kier alpha value is -3.46. The van der Waals surface area contributed by atoms with Crippen molar-refractivity contribution in [3.63, 3.8) is 0 Å². The molecule has 9 heteroatoms. The number of hydrogen-bond acceptors (Lipinski definition) is 7. The fourth-order valence-electron chi connectivity index (χ4n) is 3.09. The highest BCUT2D eigenvalue weighted by molar-refractivity contribution is 5.92. The third-order valence-corrected chi connectivity index (χ3v) is 4.69. The number of nitro benzene ring substituents is 1. The summed E-state index contributed by atoms with van der Waals surface area (Å²) in [6.45, 7) is 5.87. The smallest absolute Gasteiger partial charge is 0.293 e. The van der Waals surface area contributed by atoms with Gasteiger partial charge in [0.25, 0.3) is 11.6 Å². The number of hydrogen-bond donors (Lipinski definition) is 1. The summed E-state index contributed by atoms with van der Waals surface area (Å²) in [7, 11) is 0. The molecule has 1 aliphatic heterocycles. The fourth-order valence-corrected chi connectivity index (χ4v) is 3.09. The second kappa shape index (κ2) is 9.84. The highest BCUT2D eigenvalue weighted by Gasteiger charge is 2.21. The van der Waals surface area contributed by atoms with Gasteiger partial charge in [-0.2, -0.15) is 0 Å². The number of nitrogens with one attached hydrogen (secondary N) is 1. The van der Waals surface area contributed by atoms with Crippen LogP contribution in [0.4, 0.5) is 17.1 Å². The molecule has 0 aromatic heterocycles. The molecule has 1 amide bonds. The predicted molar refractivity (Wildman–Crippen MR) is 114 cm³/mol. The number of carbonyl (C=O) groups is 1. The van der Waals surface area contributed by atoms with Gasteiger partial charge in [-0.05, 0) is 37.1 Å². The maximum atomic E-state index is 12.0. The van der Waals surface area contributed by atoms with Gasteiger partial charge in [0.15, 0.2) is 6.61 Å². The zero-order valence-corrected chi connectivity index (χ0v) is 17.0. The molecule has 0 saturated carbocycles. The Morgan fingerprint density at radius 3 is 2.77 bits per heavy atom. The molecule has 2 aromatic rings. The van der Waals surface area contributed by atoms with Crippen LogP contribution in [0, 0.1) is 24.0 Å². The third-order valence-electron chi connectivity index (χ3n) is 4.69. The standard InChI is InChI=1S/C21H24N4O5/c1-15-3-4-16(2)18(11-15)23-21(26)14-30-22-13-17-5-6-19(20(12-17)25(27)28)24-7-9-29-10-8-24/h3-6,11-13H,7-10,14H2,1-2H3,(H,23,26)/b22-13-. The van der Waals surface area contributed by atoms with Gasteiger partial charge in [0, 0.05) is 30.4 Å². The molecule has 2 aromatic carbocycles. The molecule has 0 bridgehead atoms. The normalized spacial score (nSPS) is 14.0. The lowest BCUT2D eigenvalue weighted by atomic mass is 10.1. The molecule has 158 valence electrons. The van der Waals surface area contributed by atoms with Gasteiger partial charge in [-0.3, -0.25) is 14.9 Å². The van der Waals surface area contributed by atoms with Crippen molar-refractivity contribution in [2.24, 2.45) is 5.16 Å². The Balaban J connectivity index is 1.59. The Morgan fingerprint density at radius 2 is 2.03 bits per heavy atom. The first-order valence-corrected chi connectivity index (χ1v) is 9.57. The van der Waals surface area contributed by atoms with E-state index in [9.17, 15) is 14.9 Å². The SMILES string of the molecule is Cc1ccc(C)c(NC(=O)CO/N=C\c2ccc(N3CCOCC3)c([N+](=O)[O-])c2)c1. The average Bonchev–Trinajstić information content (AvgIpc) is 2.74. The van der Waals surface area contributed by atoms with E-state index in [1.165, 1.54) is 12.3 Å². The first-order valence-electron chi connectivity index (χ1n) is 9.57. The molecule has 1 N–H and O–H groups in total. The molecule has 0 unspecified atom stereocenters. The molecule has 1 fully saturated rings. The molecule has 0 atom stereocenters. The Morgan fingerprint density at radius 1 is 1.27 bits per heavy atom. The number of nitro groups is 1. The number of oxime groups is 1. The topological polar surface area (TPSA) is 106 Å². The van der Waals surface area contributed by atoms with Crippen LogP contribution in [0.2, 0.25) is 0 Å². The van der Waals surface area contributed by atoms with Crippen molar-refractivity contribution in [1.29, 1.82) is 0 Å². The molecular weight excluding hydrogens is 388 g/mol. The zero-order chi connectivity index (χ0) is 21.5. The average molecular weight is 412 g/mol. The zero-order valence-electron chi connectivity index (χ0n) is 17.0. The van der Waals surface area contributed by atoms with Crippen LogP contribution in [0.15, 0.2) is 41.6 Å². The van der Waals surface area contributed by atoms with Gasteiger partial charge in [0.2, 0.25) is 0 Å². The van der Waals surface area contributed by atoms with Crippen LogP contribution in [0.5, 0.6) is 0 Å². The minimum Gasteiger partial charge on any atom is -0.386 e. The van der Waals surface area contributed by atoms with E-state index in [0.717, 1.165) is 16.8 Å². The summed E-state index contributed by atoms with van der Waals surface area (Å²) in [5, 5.41) is 18.0. The molecule has 0 radical (unpaired) electrons. The van der Waals surface area contributed by atoms with Crippen LogP contribution in [0.1, 0.15) is 16.7 Å². The summed E-state index contributed by atoms with van der Waals surface area (Å²) in [5.41, 5.74) is 3.76. The monoisotopic (exact) mass is 412 g/mol. The van der Waals surface area contributed by atoms with Gasteiger partial charge in [-0.25, -0.2) is 0 Å². The Kier molecular flexibility index (Phi) is 6.97. The number of rotatable bonds is 7. The van der Waals surface area contributed by atoms with E-state index in [2.05, 4.69) is 10.5 Å². The molecular formula is C21H24N4O5. The van der Waals surface area contributed by atoms with Crippen molar-refractivity contribution in [3.8, 4) is 0 Å². The Bertz CT molecular complexity index is 954. The summed E-state index contributed by atoms with van der Waals surface area (Å²) in [5.74, 6) is -0.338. The highest BCUT2D eigenvalue weighted by Crippen LogP contribution is 2.29. The quantitative estimate of drug-likeness (QED) is 0.426. The summed E-state index contributed by atoms with van der Waals surface area (Å²) in [6.07, 6.45) is 1.35. The lowest BCUT2D eigenvalue weighted by molar-refractivity contribution is -0.384. The van der Waals surface area contributed by atoms with E-state index in [1.54, 1.807) is 12.1 Å². The molecule has 1 heterocycles. The third kappa shape index (κ3) is 5.54. The van der Waals surface area contributed by atoms with E-state index in [-0.39, 0.29) is 18.2 Å². The lowest BCUT2D eigenvalue weighted by Crippen LogP contribution is -2.36. The van der Waals surface area contributed by atoms with E-state index in [4.69, 9.17) is 9.57 Å². The molecule has 0 spiro atoms. The van der Waals surface area contributed by atoms with E-state index < -0.39 is 4.92 Å². The second-order valence-corrected chi connectivity index (χ2v) is 6.98. The van der Waals surface area contributed by atoms with E-state index in [0.29, 0.717) is 37.6 Å². The van der Waals surface area contributed by atoms with Crippen LogP contribution in [0.3, 0.4) is 0 Å². The van der Waals surface area contributed by atoms with Gasteiger partial charge in [-0.15, -0.1) is 0 Å². The van der Waals surface area contributed by atoms with E-state index in [1.807, 2.05) is 36.9 Å². The number of aryl methyl sites for hydroxylation is 2. The summed E-state index contributed by atoms with van der Waals surface area (Å²) >= 11 is 0. The van der Waals surface area contributed by atoms with E-state index >= 15 is 0 Å². The van der Waals surface area contributed by atoms with Crippen LogP contribution in [-0.4, -0.2) is 50.0 Å². The largest absolute Gasteiger partial charge is 0.386 e.